The zero-order chi connectivity index (χ0) is 15.0. The Hall–Kier alpha value is -2.69. The van der Waals surface area contributed by atoms with Crippen molar-refractivity contribution < 1.29 is 9.59 Å². The van der Waals surface area contributed by atoms with E-state index in [-0.39, 0.29) is 18.2 Å². The van der Waals surface area contributed by atoms with Crippen molar-refractivity contribution in [3.63, 3.8) is 0 Å². The van der Waals surface area contributed by atoms with Crippen LogP contribution in [0.5, 0.6) is 0 Å². The van der Waals surface area contributed by atoms with E-state index in [1.54, 1.807) is 13.0 Å². The molecule has 2 aromatic rings. The number of nitrogens with two attached hydrogens (primary N) is 1. The molecule has 1 aromatic carbocycles. The Balaban J connectivity index is 2.06. The highest BCUT2D eigenvalue weighted by Crippen LogP contribution is 2.39. The lowest BCUT2D eigenvalue weighted by Crippen LogP contribution is -2.37. The third-order valence-electron chi connectivity index (χ3n) is 3.91. The van der Waals surface area contributed by atoms with Crippen LogP contribution in [0.3, 0.4) is 0 Å². The Bertz CT molecular complexity index is 714. The van der Waals surface area contributed by atoms with Crippen LogP contribution in [0, 0.1) is 0 Å². The second kappa shape index (κ2) is 4.70. The zero-order valence-electron chi connectivity index (χ0n) is 11.6. The predicted molar refractivity (Wildman–Crippen MR) is 79.6 cm³/mol. The molecule has 1 aromatic heterocycles. The number of nitrogen functional groups attached to an aromatic ring is 1. The number of hydrogen-bond donors (Lipinski definition) is 1. The van der Waals surface area contributed by atoms with Gasteiger partial charge in [-0.05, 0) is 18.6 Å². The molecule has 0 radical (unpaired) electrons. The number of carbonyl (C=O) groups excluding carboxylic acids is 2. The Morgan fingerprint density at radius 1 is 1.19 bits per heavy atom. The molecule has 1 unspecified atom stereocenters. The highest BCUT2D eigenvalue weighted by molar-refractivity contribution is 6.25. The van der Waals surface area contributed by atoms with Gasteiger partial charge >= 0.3 is 0 Å². The largest absolute Gasteiger partial charge is 0.396 e. The number of pyridine rings is 1. The van der Waals surface area contributed by atoms with Gasteiger partial charge in [-0.2, -0.15) is 0 Å². The van der Waals surface area contributed by atoms with Gasteiger partial charge in [-0.25, -0.2) is 4.90 Å². The first-order valence-electron chi connectivity index (χ1n) is 6.66. The first-order chi connectivity index (χ1) is 10.0. The zero-order valence-corrected chi connectivity index (χ0v) is 11.6. The molecule has 5 nitrogen and oxygen atoms in total. The second-order valence-electron chi connectivity index (χ2n) is 5.34. The van der Waals surface area contributed by atoms with Gasteiger partial charge in [0.2, 0.25) is 11.8 Å². The van der Waals surface area contributed by atoms with Crippen LogP contribution in [0.15, 0.2) is 48.8 Å². The molecule has 3 rings (SSSR count). The lowest BCUT2D eigenvalue weighted by atomic mass is 9.81. The number of benzene rings is 1. The third-order valence-corrected chi connectivity index (χ3v) is 3.91. The lowest BCUT2D eigenvalue weighted by Gasteiger charge is -2.23. The smallest absolute Gasteiger partial charge is 0.244 e. The van der Waals surface area contributed by atoms with E-state index in [1.165, 1.54) is 17.3 Å². The number of aromatic nitrogens is 1. The fourth-order valence-electron chi connectivity index (χ4n) is 2.70. The molecule has 1 saturated heterocycles. The predicted octanol–water partition coefficient (Wildman–Crippen LogP) is 1.89. The van der Waals surface area contributed by atoms with Crippen molar-refractivity contribution in [2.45, 2.75) is 18.8 Å². The molecular weight excluding hydrogens is 266 g/mol. The lowest BCUT2D eigenvalue weighted by molar-refractivity contribution is -0.122. The SMILES string of the molecule is CC1(c2ccccc2)CC(=O)N(c2ccncc2N)C1=O. The van der Waals surface area contributed by atoms with E-state index < -0.39 is 5.41 Å². The van der Waals surface area contributed by atoms with Crippen molar-refractivity contribution in [1.29, 1.82) is 0 Å². The van der Waals surface area contributed by atoms with Crippen LogP contribution in [-0.2, 0) is 15.0 Å². The van der Waals surface area contributed by atoms with E-state index in [4.69, 9.17) is 5.73 Å². The molecule has 0 spiro atoms. The molecule has 2 N–H and O–H groups in total. The van der Waals surface area contributed by atoms with Crippen molar-refractivity contribution in [2.75, 3.05) is 10.6 Å². The summed E-state index contributed by atoms with van der Waals surface area (Å²) in [5.74, 6) is -0.499. The van der Waals surface area contributed by atoms with E-state index >= 15 is 0 Å². The number of carbonyl (C=O) groups is 2. The van der Waals surface area contributed by atoms with Crippen LogP contribution in [0.2, 0.25) is 0 Å². The van der Waals surface area contributed by atoms with Crippen LogP contribution >= 0.6 is 0 Å². The Morgan fingerprint density at radius 3 is 2.57 bits per heavy atom. The molecule has 0 saturated carbocycles. The molecule has 2 heterocycles. The van der Waals surface area contributed by atoms with Gasteiger partial charge in [-0.15, -0.1) is 0 Å². The first-order valence-corrected chi connectivity index (χ1v) is 6.66. The van der Waals surface area contributed by atoms with Crippen molar-refractivity contribution in [3.8, 4) is 0 Å². The van der Waals surface area contributed by atoms with E-state index in [0.717, 1.165) is 5.56 Å². The fourth-order valence-corrected chi connectivity index (χ4v) is 2.70. The molecule has 1 aliphatic heterocycles. The van der Waals surface area contributed by atoms with E-state index in [2.05, 4.69) is 4.98 Å². The van der Waals surface area contributed by atoms with Crippen molar-refractivity contribution in [1.82, 2.24) is 4.98 Å². The van der Waals surface area contributed by atoms with Gasteiger partial charge in [0.05, 0.1) is 23.0 Å². The van der Waals surface area contributed by atoms with Gasteiger partial charge in [0.15, 0.2) is 0 Å². The van der Waals surface area contributed by atoms with Crippen LogP contribution in [0.4, 0.5) is 11.4 Å². The number of anilines is 2. The summed E-state index contributed by atoms with van der Waals surface area (Å²) < 4.78 is 0. The molecule has 0 aliphatic carbocycles. The van der Waals surface area contributed by atoms with E-state index in [1.807, 2.05) is 30.3 Å². The molecule has 2 amide bonds. The standard InChI is InChI=1S/C16H15N3O2/c1-16(11-5-3-2-4-6-11)9-14(20)19(15(16)21)13-7-8-18-10-12(13)17/h2-8,10H,9,17H2,1H3. The van der Waals surface area contributed by atoms with Gasteiger partial charge in [0, 0.05) is 12.6 Å². The first kappa shape index (κ1) is 13.3. The summed E-state index contributed by atoms with van der Waals surface area (Å²) in [6.07, 6.45) is 3.09. The van der Waals surface area contributed by atoms with E-state index in [0.29, 0.717) is 11.4 Å². The van der Waals surface area contributed by atoms with Gasteiger partial charge in [0.1, 0.15) is 0 Å². The normalized spacial score (nSPS) is 21.9. The van der Waals surface area contributed by atoms with Crippen molar-refractivity contribution in [3.05, 3.63) is 54.4 Å². The highest BCUT2D eigenvalue weighted by atomic mass is 16.2. The van der Waals surface area contributed by atoms with Crippen LogP contribution in [0.25, 0.3) is 0 Å². The van der Waals surface area contributed by atoms with Crippen LogP contribution < -0.4 is 10.6 Å². The molecule has 1 atom stereocenters. The number of imide groups is 1. The van der Waals surface area contributed by atoms with Crippen molar-refractivity contribution in [2.24, 2.45) is 0 Å². The molecule has 1 aliphatic rings. The number of rotatable bonds is 2. The Kier molecular flexibility index (Phi) is 2.97. The average molecular weight is 281 g/mol. The van der Waals surface area contributed by atoms with Gasteiger partial charge in [0.25, 0.3) is 0 Å². The number of hydrogen-bond acceptors (Lipinski definition) is 4. The maximum absolute atomic E-state index is 12.8. The maximum atomic E-state index is 12.8. The molecular formula is C16H15N3O2. The molecule has 21 heavy (non-hydrogen) atoms. The van der Waals surface area contributed by atoms with Crippen LogP contribution in [0.1, 0.15) is 18.9 Å². The van der Waals surface area contributed by atoms with Crippen LogP contribution in [-0.4, -0.2) is 16.8 Å². The average Bonchev–Trinajstić information content (AvgIpc) is 2.72. The molecule has 106 valence electrons. The monoisotopic (exact) mass is 281 g/mol. The number of amides is 2. The minimum Gasteiger partial charge on any atom is -0.396 e. The molecule has 0 bridgehead atoms. The molecule has 5 heteroatoms. The summed E-state index contributed by atoms with van der Waals surface area (Å²) in [4.78, 5) is 30.2. The minimum absolute atomic E-state index is 0.137. The number of nitrogens with zero attached hydrogens (tertiary/aromatic N) is 2. The Labute approximate surface area is 122 Å². The van der Waals surface area contributed by atoms with Gasteiger partial charge in [-0.3, -0.25) is 14.6 Å². The summed E-state index contributed by atoms with van der Waals surface area (Å²) in [5.41, 5.74) is 6.54. The van der Waals surface area contributed by atoms with Gasteiger partial charge < -0.3 is 5.73 Å². The van der Waals surface area contributed by atoms with Gasteiger partial charge in [-0.1, -0.05) is 30.3 Å². The summed E-state index contributed by atoms with van der Waals surface area (Å²) in [6, 6.07) is 10.9. The fraction of sp³-hybridized carbons (Fsp3) is 0.188. The maximum Gasteiger partial charge on any atom is 0.244 e. The summed E-state index contributed by atoms with van der Waals surface area (Å²) in [6.45, 7) is 1.79. The quantitative estimate of drug-likeness (QED) is 0.853. The summed E-state index contributed by atoms with van der Waals surface area (Å²) >= 11 is 0. The summed E-state index contributed by atoms with van der Waals surface area (Å²) in [7, 11) is 0. The minimum atomic E-state index is -0.853. The summed E-state index contributed by atoms with van der Waals surface area (Å²) in [5, 5.41) is 0. The Morgan fingerprint density at radius 2 is 1.90 bits per heavy atom. The molecule has 1 fully saturated rings. The topological polar surface area (TPSA) is 76.3 Å². The second-order valence-corrected chi connectivity index (χ2v) is 5.34. The third kappa shape index (κ3) is 1.98. The highest BCUT2D eigenvalue weighted by Gasteiger charge is 2.50. The van der Waals surface area contributed by atoms with E-state index in [9.17, 15) is 9.59 Å². The van der Waals surface area contributed by atoms with Crippen molar-refractivity contribution >= 4 is 23.2 Å².